The number of imidazole rings is 1. The van der Waals surface area contributed by atoms with E-state index in [0.29, 0.717) is 0 Å². The summed E-state index contributed by atoms with van der Waals surface area (Å²) in [5.41, 5.74) is -3.44. The molecule has 4 N–H and O–H groups in total. The smallest absolute Gasteiger partial charge is 0.462 e. The molecule has 2 aromatic heterocycles. The molecule has 0 aliphatic carbocycles. The maximum Gasteiger partial charge on any atom is 0.462 e. The molecule has 0 bridgehead atoms. The van der Waals surface area contributed by atoms with Gasteiger partial charge in [0.25, 0.3) is 0 Å². The van der Waals surface area contributed by atoms with Crippen LogP contribution in [-0.2, 0) is 33.4 Å². The maximum atomic E-state index is 14.2. The van der Waals surface area contributed by atoms with E-state index in [0.717, 1.165) is 17.6 Å². The topological polar surface area (TPSA) is 217 Å². The number of ether oxygens (including phenoxy) is 2. The molecule has 3 unspecified atom stereocenters. The molecule has 17 nitrogen and oxygen atoms in total. The third kappa shape index (κ3) is 7.35. The third-order valence-corrected chi connectivity index (χ3v) is 8.69. The van der Waals surface area contributed by atoms with Gasteiger partial charge in [-0.25, -0.2) is 27.9 Å². The fourth-order valence-electron chi connectivity index (χ4n) is 4.32. The predicted molar refractivity (Wildman–Crippen MR) is 156 cm³/mol. The van der Waals surface area contributed by atoms with Crippen LogP contribution in [0, 0.1) is 0 Å². The minimum atomic E-state index is -4.56. The Kier molecular flexibility index (Phi) is 9.40. The molecular formula is C25H36N7O10PS. The van der Waals surface area contributed by atoms with Crippen LogP contribution in [-0.4, -0.2) is 87.1 Å². The lowest BCUT2D eigenvalue weighted by atomic mass is 9.99. The number of nitrogens with one attached hydrogen (secondary N) is 2. The predicted octanol–water partition coefficient (Wildman–Crippen LogP) is 1.22. The molecule has 1 aliphatic rings. The zero-order valence-corrected chi connectivity index (χ0v) is 26.8. The zero-order chi connectivity index (χ0) is 32.7. The van der Waals surface area contributed by atoms with E-state index in [1.807, 2.05) is 0 Å². The number of aliphatic hydroxyl groups is 2. The maximum absolute atomic E-state index is 14.2. The number of sulfonamides is 1. The number of benzene rings is 1. The average molecular weight is 658 g/mol. The minimum absolute atomic E-state index is 0.0886. The molecule has 3 heterocycles. The standard InChI is InChI=1S/C25H36N7O10PS/c1-15(2)39-23(34)24(3,4)29-43(36,41-16-11-9-8-10-12-16)42-21-18(33)25(5,35)22(40-21)32-14-28-17-19(26-13-27-20(17)32)31(6)30-44(7,37)38/h8-15,18,21-22,30,33,35H,1-7H3,(H,29,36)/t18?,21?,22-,25-,43?/m1/s1. The van der Waals surface area contributed by atoms with Gasteiger partial charge in [0.2, 0.25) is 16.3 Å². The van der Waals surface area contributed by atoms with Crippen LogP contribution in [0.1, 0.15) is 40.8 Å². The number of hydrogen-bond acceptors (Lipinski definition) is 14. The van der Waals surface area contributed by atoms with Crippen molar-refractivity contribution >= 4 is 40.7 Å². The minimum Gasteiger partial charge on any atom is -0.462 e. The lowest BCUT2D eigenvalue weighted by Gasteiger charge is -2.31. The fourth-order valence-corrected chi connectivity index (χ4v) is 6.66. The summed E-state index contributed by atoms with van der Waals surface area (Å²) in [5, 5.41) is 26.2. The van der Waals surface area contributed by atoms with Crippen molar-refractivity contribution in [3.05, 3.63) is 43.0 Å². The van der Waals surface area contributed by atoms with E-state index >= 15 is 0 Å². The molecule has 1 aromatic carbocycles. The number of fused-ring (bicyclic) bond motifs is 1. The van der Waals surface area contributed by atoms with Crippen molar-refractivity contribution in [1.82, 2.24) is 29.4 Å². The van der Waals surface area contributed by atoms with Gasteiger partial charge in [0.1, 0.15) is 29.3 Å². The Bertz CT molecular complexity index is 1650. The molecule has 0 saturated carbocycles. The molecule has 1 saturated heterocycles. The number of hydrogen-bond donors (Lipinski definition) is 4. The highest BCUT2D eigenvalue weighted by atomic mass is 32.2. The van der Waals surface area contributed by atoms with E-state index in [4.69, 9.17) is 18.5 Å². The molecule has 4 rings (SSSR count). The van der Waals surface area contributed by atoms with E-state index in [9.17, 15) is 28.0 Å². The number of nitrogens with zero attached hydrogens (tertiary/aromatic N) is 5. The van der Waals surface area contributed by atoms with E-state index in [2.05, 4.69) is 24.9 Å². The number of carbonyl (C=O) groups is 1. The Hall–Kier alpha value is -3.22. The summed E-state index contributed by atoms with van der Waals surface area (Å²) >= 11 is 0. The highest BCUT2D eigenvalue weighted by Crippen LogP contribution is 2.52. The number of anilines is 1. The molecular weight excluding hydrogens is 621 g/mol. The van der Waals surface area contributed by atoms with Gasteiger partial charge in [-0.15, -0.1) is 4.83 Å². The Morgan fingerprint density at radius 1 is 1.23 bits per heavy atom. The van der Waals surface area contributed by atoms with Gasteiger partial charge in [0.15, 0.2) is 23.2 Å². The summed E-state index contributed by atoms with van der Waals surface area (Å²) in [4.78, 5) is 27.6. The number of para-hydroxylation sites is 1. The number of esters is 1. The van der Waals surface area contributed by atoms with Gasteiger partial charge in [-0.1, -0.05) is 18.2 Å². The zero-order valence-electron chi connectivity index (χ0n) is 25.1. The van der Waals surface area contributed by atoms with Crippen LogP contribution in [0.25, 0.3) is 11.2 Å². The second-order valence-electron chi connectivity index (χ2n) is 11.2. The first-order chi connectivity index (χ1) is 20.3. The molecule has 0 radical (unpaired) electrons. The van der Waals surface area contributed by atoms with E-state index in [-0.39, 0.29) is 22.7 Å². The normalized spacial score (nSPS) is 23.9. The van der Waals surface area contributed by atoms with Gasteiger partial charge in [0.05, 0.1) is 18.7 Å². The molecule has 19 heteroatoms. The first-order valence-corrected chi connectivity index (χ1v) is 16.7. The van der Waals surface area contributed by atoms with Gasteiger partial charge in [-0.05, 0) is 46.8 Å². The Balaban J connectivity index is 1.67. The van der Waals surface area contributed by atoms with Gasteiger partial charge in [-0.2, -0.15) is 5.09 Å². The summed E-state index contributed by atoms with van der Waals surface area (Å²) in [6.45, 7) is 7.40. The molecule has 0 spiro atoms. The monoisotopic (exact) mass is 657 g/mol. The molecule has 242 valence electrons. The summed E-state index contributed by atoms with van der Waals surface area (Å²) < 4.78 is 61.6. The SMILES string of the molecule is CC(C)OC(=O)C(C)(C)NP(=O)(Oc1ccccc1)OC1O[C@@H](n2cnc3c(N(C)NS(C)(=O)=O)ncnc32)[C@](C)(O)C1O. The largest absolute Gasteiger partial charge is 0.462 e. The molecule has 5 atom stereocenters. The van der Waals surface area contributed by atoms with Crippen LogP contribution in [0.4, 0.5) is 5.82 Å². The van der Waals surface area contributed by atoms with E-state index in [1.54, 1.807) is 32.0 Å². The van der Waals surface area contributed by atoms with Crippen molar-refractivity contribution in [2.24, 2.45) is 0 Å². The first kappa shape index (κ1) is 33.7. The van der Waals surface area contributed by atoms with Crippen molar-refractivity contribution in [2.75, 3.05) is 18.3 Å². The molecule has 44 heavy (non-hydrogen) atoms. The Morgan fingerprint density at radius 2 is 1.89 bits per heavy atom. The number of carbonyl (C=O) groups excluding carboxylic acids is 1. The lowest BCUT2D eigenvalue weighted by molar-refractivity contribution is -0.154. The third-order valence-electron chi connectivity index (χ3n) is 6.31. The van der Waals surface area contributed by atoms with Crippen molar-refractivity contribution in [1.29, 1.82) is 0 Å². The number of rotatable bonds is 12. The lowest BCUT2D eigenvalue weighted by Crippen LogP contribution is -2.49. The van der Waals surface area contributed by atoms with Gasteiger partial charge in [0, 0.05) is 7.05 Å². The van der Waals surface area contributed by atoms with E-state index in [1.165, 1.54) is 50.8 Å². The van der Waals surface area contributed by atoms with Crippen molar-refractivity contribution in [2.45, 2.75) is 70.5 Å². The Morgan fingerprint density at radius 3 is 2.50 bits per heavy atom. The Labute approximate surface area is 254 Å². The number of hydrazine groups is 1. The highest BCUT2D eigenvalue weighted by Gasteiger charge is 2.57. The van der Waals surface area contributed by atoms with E-state index < -0.39 is 59.6 Å². The number of aliphatic hydroxyl groups excluding tert-OH is 1. The number of aromatic nitrogens is 4. The summed E-state index contributed by atoms with van der Waals surface area (Å²) in [6, 6.07) is 7.98. The highest BCUT2D eigenvalue weighted by molar-refractivity contribution is 7.88. The van der Waals surface area contributed by atoms with Gasteiger partial charge >= 0.3 is 13.7 Å². The molecule has 3 aromatic rings. The quantitative estimate of drug-likeness (QED) is 0.122. The van der Waals surface area contributed by atoms with Gasteiger partial charge < -0.3 is 24.2 Å². The second kappa shape index (κ2) is 12.3. The van der Waals surface area contributed by atoms with Crippen molar-refractivity contribution < 1.29 is 46.5 Å². The summed E-state index contributed by atoms with van der Waals surface area (Å²) in [5.74, 6) is -0.545. The molecule has 1 fully saturated rings. The molecule has 1 aliphatic heterocycles. The first-order valence-electron chi connectivity index (χ1n) is 13.3. The van der Waals surface area contributed by atoms with Crippen LogP contribution in [0.5, 0.6) is 5.75 Å². The van der Waals surface area contributed by atoms with Crippen LogP contribution >= 0.6 is 7.75 Å². The van der Waals surface area contributed by atoms with Crippen LogP contribution in [0.15, 0.2) is 43.0 Å². The van der Waals surface area contributed by atoms with Crippen molar-refractivity contribution in [3.8, 4) is 5.75 Å². The van der Waals surface area contributed by atoms with Crippen LogP contribution in [0.2, 0.25) is 0 Å². The van der Waals surface area contributed by atoms with Crippen LogP contribution < -0.4 is 19.5 Å². The second-order valence-corrected chi connectivity index (χ2v) is 14.5. The summed E-state index contributed by atoms with van der Waals surface area (Å²) in [7, 11) is -6.81. The van der Waals surface area contributed by atoms with Crippen molar-refractivity contribution in [3.63, 3.8) is 0 Å². The fraction of sp³-hybridized carbons (Fsp3) is 0.520. The van der Waals surface area contributed by atoms with Gasteiger partial charge in [-0.3, -0.25) is 18.9 Å². The summed E-state index contributed by atoms with van der Waals surface area (Å²) in [6.07, 6.45) is -2.08. The molecule has 0 amide bonds. The van der Waals surface area contributed by atoms with Crippen LogP contribution in [0.3, 0.4) is 0 Å². The average Bonchev–Trinajstić information content (AvgIpc) is 3.41.